The van der Waals surface area contributed by atoms with Gasteiger partial charge in [0.2, 0.25) is 6.29 Å². The lowest BCUT2D eigenvalue weighted by atomic mass is 9.47. The van der Waals surface area contributed by atoms with Gasteiger partial charge >= 0.3 is 0 Å². The Hall–Kier alpha value is -2.62. The van der Waals surface area contributed by atoms with Crippen molar-refractivity contribution in [3.8, 4) is 11.5 Å². The van der Waals surface area contributed by atoms with Crippen LogP contribution in [0.3, 0.4) is 0 Å². The lowest BCUT2D eigenvalue weighted by Crippen LogP contribution is -2.76. The number of halogens is 1. The molecule has 0 aromatic heterocycles. The van der Waals surface area contributed by atoms with Crippen LogP contribution < -0.4 is 9.47 Å². The Balaban J connectivity index is 1.14. The Morgan fingerprint density at radius 1 is 0.938 bits per heavy atom. The van der Waals surface area contributed by atoms with E-state index in [0.717, 1.165) is 31.2 Å². The summed E-state index contributed by atoms with van der Waals surface area (Å²) >= 11 is 7.17. The van der Waals surface area contributed by atoms with Crippen LogP contribution in [-0.4, -0.2) is 87.9 Å². The summed E-state index contributed by atoms with van der Waals surface area (Å²) < 4.78 is 23.7. The molecular formula is C35H41ClO12. The Bertz CT molecular complexity index is 1500. The standard InChI is InChI=1S/C35H41ClO12/c1-43-35(34(47-48-35)22-11-19-10-20(13-22)14-23(34)12-19)26-9-5-21(4-6-24(39)15-37)32(28(26)36)44-17-18-2-7-25(8-3-18)45-33-31(42)30(41)29(40)27(16-38)46-33/h2-9,19-20,22-23,27,29-31,33,37-38,40-42H,10-17H2,1H3/b6-4+/t19?,20?,22?,23?,27?,29-,30-,31?,33+,34?,35?/m0/s1. The van der Waals surface area contributed by atoms with Crippen LogP contribution in [0.5, 0.6) is 11.5 Å². The molecule has 4 bridgehead atoms. The van der Waals surface area contributed by atoms with Gasteiger partial charge in [-0.1, -0.05) is 35.9 Å². The summed E-state index contributed by atoms with van der Waals surface area (Å²) in [6.45, 7) is -1.14. The molecular weight excluding hydrogens is 648 g/mol. The van der Waals surface area contributed by atoms with E-state index in [0.29, 0.717) is 34.5 Å². The van der Waals surface area contributed by atoms with Crippen LogP contribution in [0.25, 0.3) is 6.08 Å². The second-order valence-electron chi connectivity index (χ2n) is 13.6. The van der Waals surface area contributed by atoms with Crippen LogP contribution in [0.1, 0.15) is 48.8 Å². The normalized spacial score (nSPS) is 38.4. The van der Waals surface area contributed by atoms with Crippen LogP contribution >= 0.6 is 11.6 Å². The van der Waals surface area contributed by atoms with E-state index in [-0.39, 0.29) is 23.5 Å². The molecule has 4 aliphatic carbocycles. The molecule has 2 aliphatic heterocycles. The Morgan fingerprint density at radius 2 is 1.62 bits per heavy atom. The fraction of sp³-hybridized carbons (Fsp3) is 0.571. The van der Waals surface area contributed by atoms with Crippen molar-refractivity contribution in [3.63, 3.8) is 0 Å². The lowest BCUT2D eigenvalue weighted by molar-refractivity contribution is -0.645. The molecule has 0 amide bonds. The molecule has 12 nitrogen and oxygen atoms in total. The van der Waals surface area contributed by atoms with Gasteiger partial charge in [0, 0.05) is 18.2 Å². The first kappa shape index (κ1) is 33.9. The first-order chi connectivity index (χ1) is 23.1. The summed E-state index contributed by atoms with van der Waals surface area (Å²) in [6.07, 6.45) is 1.31. The van der Waals surface area contributed by atoms with Crippen LogP contribution in [0.4, 0.5) is 0 Å². The molecule has 4 saturated carbocycles. The second kappa shape index (κ2) is 13.3. The van der Waals surface area contributed by atoms with Crippen LogP contribution in [0.2, 0.25) is 5.02 Å². The molecule has 2 aromatic carbocycles. The number of carbonyl (C=O) groups is 1. The molecule has 1 spiro atoms. The van der Waals surface area contributed by atoms with Gasteiger partial charge in [-0.25, -0.2) is 4.89 Å². The molecule has 0 radical (unpaired) electrons. The molecule has 2 saturated heterocycles. The van der Waals surface area contributed by atoms with Crippen molar-refractivity contribution in [2.24, 2.45) is 23.7 Å². The molecule has 260 valence electrons. The maximum absolute atomic E-state index is 12.0. The number of aliphatic hydroxyl groups is 5. The molecule has 6 aliphatic rings. The van der Waals surface area contributed by atoms with Gasteiger partial charge in [-0.3, -0.25) is 4.79 Å². The van der Waals surface area contributed by atoms with E-state index in [4.69, 9.17) is 40.3 Å². The van der Waals surface area contributed by atoms with E-state index in [1.54, 1.807) is 37.4 Å². The molecule has 48 heavy (non-hydrogen) atoms. The Kier molecular flexibility index (Phi) is 9.35. The largest absolute Gasteiger partial charge is 0.487 e. The quantitative estimate of drug-likeness (QED) is 0.173. The summed E-state index contributed by atoms with van der Waals surface area (Å²) in [5, 5.41) is 49.4. The highest BCUT2D eigenvalue weighted by Crippen LogP contribution is 2.70. The predicted octanol–water partition coefficient (Wildman–Crippen LogP) is 2.63. The summed E-state index contributed by atoms with van der Waals surface area (Å²) in [5.74, 6) is 0.809. The zero-order chi connectivity index (χ0) is 33.8. The Morgan fingerprint density at radius 3 is 2.21 bits per heavy atom. The number of rotatable bonds is 11. The minimum absolute atomic E-state index is 0.0649. The highest BCUT2D eigenvalue weighted by molar-refractivity contribution is 6.33. The maximum Gasteiger partial charge on any atom is 0.262 e. The highest BCUT2D eigenvalue weighted by atomic mass is 35.5. The van der Waals surface area contributed by atoms with Crippen LogP contribution in [0.15, 0.2) is 42.5 Å². The fourth-order valence-electron chi connectivity index (χ4n) is 8.79. The molecule has 3 unspecified atom stereocenters. The van der Waals surface area contributed by atoms with Gasteiger partial charge in [0.25, 0.3) is 5.79 Å². The number of hydrogen-bond donors (Lipinski definition) is 5. The molecule has 6 atom stereocenters. The minimum atomic E-state index is -1.56. The third-order valence-electron chi connectivity index (χ3n) is 10.9. The monoisotopic (exact) mass is 688 g/mol. The van der Waals surface area contributed by atoms with E-state index in [9.17, 15) is 30.3 Å². The van der Waals surface area contributed by atoms with E-state index in [1.165, 1.54) is 18.6 Å². The molecule has 5 N–H and O–H groups in total. The number of aliphatic hydroxyl groups excluding tert-OH is 5. The van der Waals surface area contributed by atoms with Crippen molar-refractivity contribution in [1.29, 1.82) is 0 Å². The number of ketones is 1. The molecule has 8 rings (SSSR count). The summed E-state index contributed by atoms with van der Waals surface area (Å²) in [6, 6.07) is 10.3. The number of hydrogen-bond acceptors (Lipinski definition) is 12. The average molecular weight is 689 g/mol. The first-order valence-corrected chi connectivity index (χ1v) is 16.8. The lowest BCUT2D eigenvalue weighted by Gasteiger charge is -2.68. The van der Waals surface area contributed by atoms with Crippen molar-refractivity contribution >= 4 is 23.5 Å². The third-order valence-corrected chi connectivity index (χ3v) is 11.3. The summed E-state index contributed by atoms with van der Waals surface area (Å²) in [7, 11) is 1.60. The fourth-order valence-corrected chi connectivity index (χ4v) is 9.14. The molecule has 2 aromatic rings. The molecule has 13 heteroatoms. The number of methoxy groups -OCH3 is 1. The van der Waals surface area contributed by atoms with Crippen molar-refractivity contribution in [1.82, 2.24) is 0 Å². The third kappa shape index (κ3) is 5.47. The smallest absolute Gasteiger partial charge is 0.262 e. The number of carbonyl (C=O) groups excluding carboxylic acids is 1. The zero-order valence-corrected chi connectivity index (χ0v) is 27.2. The SMILES string of the molecule is COC1(c2ccc(/C=C/C(=O)CO)c(OCc3ccc(O[C@@H]4OC(CO)[C@H](O)[C@H](O)C4O)cc3)c2Cl)OOC12C1CC3CC(C1)CC2C3. The number of ether oxygens (including phenoxy) is 4. The predicted molar refractivity (Wildman–Crippen MR) is 168 cm³/mol. The van der Waals surface area contributed by atoms with E-state index in [1.807, 2.05) is 6.07 Å². The van der Waals surface area contributed by atoms with Crippen LogP contribution in [-0.2, 0) is 36.4 Å². The maximum atomic E-state index is 12.0. The molecule has 2 heterocycles. The first-order valence-electron chi connectivity index (χ1n) is 16.4. The van der Waals surface area contributed by atoms with Crippen molar-refractivity contribution in [2.45, 2.75) is 80.8 Å². The van der Waals surface area contributed by atoms with Gasteiger partial charge in [0.15, 0.2) is 11.4 Å². The van der Waals surface area contributed by atoms with Gasteiger partial charge in [-0.2, -0.15) is 4.89 Å². The van der Waals surface area contributed by atoms with Gasteiger partial charge in [0.1, 0.15) is 49.1 Å². The van der Waals surface area contributed by atoms with Gasteiger partial charge in [-0.15, -0.1) is 0 Å². The van der Waals surface area contributed by atoms with E-state index < -0.39 is 61.1 Å². The van der Waals surface area contributed by atoms with Crippen molar-refractivity contribution in [3.05, 3.63) is 64.2 Å². The summed E-state index contributed by atoms with van der Waals surface area (Å²) in [4.78, 5) is 24.0. The molecule has 6 fully saturated rings. The van der Waals surface area contributed by atoms with E-state index in [2.05, 4.69) is 0 Å². The minimum Gasteiger partial charge on any atom is -0.487 e. The highest BCUT2D eigenvalue weighted by Gasteiger charge is 2.77. The van der Waals surface area contributed by atoms with Gasteiger partial charge in [-0.05, 0) is 85.6 Å². The Labute approximate surface area is 282 Å². The van der Waals surface area contributed by atoms with Crippen molar-refractivity contribution in [2.75, 3.05) is 20.3 Å². The van der Waals surface area contributed by atoms with Crippen LogP contribution in [0, 0.1) is 23.7 Å². The van der Waals surface area contributed by atoms with Gasteiger partial charge in [0.05, 0.1) is 11.6 Å². The van der Waals surface area contributed by atoms with Crippen molar-refractivity contribution < 1.29 is 59.0 Å². The topological polar surface area (TPSA) is 174 Å². The summed E-state index contributed by atoms with van der Waals surface area (Å²) in [5.41, 5.74) is 1.14. The van der Waals surface area contributed by atoms with E-state index >= 15 is 0 Å². The van der Waals surface area contributed by atoms with Gasteiger partial charge < -0.3 is 44.5 Å². The average Bonchev–Trinajstić information content (AvgIpc) is 3.08. The zero-order valence-electron chi connectivity index (χ0n) is 26.4. The second-order valence-corrected chi connectivity index (χ2v) is 14.0. The number of benzene rings is 2.